The van der Waals surface area contributed by atoms with E-state index in [1.807, 2.05) is 0 Å². The maximum Gasteiger partial charge on any atom is 0.417 e. The molecule has 2 heterocycles. The summed E-state index contributed by atoms with van der Waals surface area (Å²) in [6.07, 6.45) is -2.86. The van der Waals surface area contributed by atoms with Crippen molar-refractivity contribution < 1.29 is 17.9 Å². The number of ether oxygens (including phenoxy) is 1. The molecule has 21 heavy (non-hydrogen) atoms. The van der Waals surface area contributed by atoms with Gasteiger partial charge in [-0.1, -0.05) is 18.2 Å². The Morgan fingerprint density at radius 1 is 1.10 bits per heavy atom. The molecule has 1 aromatic carbocycles. The minimum atomic E-state index is -4.46. The third kappa shape index (κ3) is 2.31. The zero-order valence-corrected chi connectivity index (χ0v) is 10.9. The van der Waals surface area contributed by atoms with Gasteiger partial charge in [-0.05, 0) is 18.2 Å². The van der Waals surface area contributed by atoms with Gasteiger partial charge in [0.15, 0.2) is 17.2 Å². The number of hydrogen-bond acceptors (Lipinski definition) is 3. The van der Waals surface area contributed by atoms with Crippen LogP contribution in [0.15, 0.2) is 42.6 Å². The van der Waals surface area contributed by atoms with E-state index in [1.54, 1.807) is 18.3 Å². The normalized spacial score (nSPS) is 11.8. The largest absolute Gasteiger partial charge is 0.493 e. The highest BCUT2D eigenvalue weighted by Gasteiger charge is 2.34. The van der Waals surface area contributed by atoms with E-state index >= 15 is 0 Å². The van der Waals surface area contributed by atoms with E-state index in [0.717, 1.165) is 6.07 Å². The summed E-state index contributed by atoms with van der Waals surface area (Å²) in [6, 6.07) is 8.57. The first kappa shape index (κ1) is 13.4. The number of methoxy groups -OCH3 is 1. The average molecular weight is 293 g/mol. The van der Waals surface area contributed by atoms with Gasteiger partial charge in [0.25, 0.3) is 0 Å². The predicted molar refractivity (Wildman–Crippen MR) is 70.0 cm³/mol. The molecule has 0 N–H and O–H groups in total. The first-order chi connectivity index (χ1) is 10.0. The fourth-order valence-corrected chi connectivity index (χ4v) is 2.08. The second-order valence-electron chi connectivity index (χ2n) is 4.32. The second kappa shape index (κ2) is 4.76. The van der Waals surface area contributed by atoms with Gasteiger partial charge in [-0.15, -0.1) is 5.10 Å². The molecule has 0 radical (unpaired) electrons. The van der Waals surface area contributed by atoms with Crippen LogP contribution in [0.2, 0.25) is 0 Å². The Morgan fingerprint density at radius 2 is 1.86 bits per heavy atom. The van der Waals surface area contributed by atoms with Crippen molar-refractivity contribution in [3.63, 3.8) is 0 Å². The molecule has 4 nitrogen and oxygen atoms in total. The number of pyridine rings is 1. The number of fused-ring (bicyclic) bond motifs is 1. The van der Waals surface area contributed by atoms with E-state index in [-0.39, 0.29) is 11.4 Å². The Kier molecular flexibility index (Phi) is 3.04. The van der Waals surface area contributed by atoms with Gasteiger partial charge in [-0.2, -0.15) is 13.2 Å². The lowest BCUT2D eigenvalue weighted by Gasteiger charge is -2.09. The van der Waals surface area contributed by atoms with E-state index in [4.69, 9.17) is 4.74 Å². The van der Waals surface area contributed by atoms with Crippen LogP contribution >= 0.6 is 0 Å². The maximum absolute atomic E-state index is 13.0. The van der Waals surface area contributed by atoms with Crippen molar-refractivity contribution in [2.24, 2.45) is 0 Å². The van der Waals surface area contributed by atoms with Gasteiger partial charge < -0.3 is 4.74 Å². The van der Waals surface area contributed by atoms with E-state index in [2.05, 4.69) is 10.1 Å². The summed E-state index contributed by atoms with van der Waals surface area (Å²) in [4.78, 5) is 4.15. The topological polar surface area (TPSA) is 39.4 Å². The Balaban J connectivity index is 2.22. The fourth-order valence-electron chi connectivity index (χ4n) is 2.08. The summed E-state index contributed by atoms with van der Waals surface area (Å²) in [5.74, 6) is 0.452. The monoisotopic (exact) mass is 293 g/mol. The van der Waals surface area contributed by atoms with Crippen LogP contribution in [-0.4, -0.2) is 21.7 Å². The SMILES string of the molecule is COc1cccn2nc(-c3ccccc3C(F)(F)F)nc12. The molecule has 0 fully saturated rings. The van der Waals surface area contributed by atoms with Crippen molar-refractivity contribution in [1.82, 2.24) is 14.6 Å². The number of alkyl halides is 3. The van der Waals surface area contributed by atoms with Crippen molar-refractivity contribution in [2.75, 3.05) is 7.11 Å². The molecule has 2 aromatic heterocycles. The van der Waals surface area contributed by atoms with E-state index in [1.165, 1.54) is 29.8 Å². The van der Waals surface area contributed by atoms with Gasteiger partial charge in [0.2, 0.25) is 0 Å². The van der Waals surface area contributed by atoms with Gasteiger partial charge in [-0.25, -0.2) is 9.50 Å². The molecule has 0 spiro atoms. The number of benzene rings is 1. The molecule has 0 aliphatic heterocycles. The number of halogens is 3. The fraction of sp³-hybridized carbons (Fsp3) is 0.143. The lowest BCUT2D eigenvalue weighted by atomic mass is 10.1. The summed E-state index contributed by atoms with van der Waals surface area (Å²) >= 11 is 0. The molecule has 0 atom stereocenters. The molecule has 0 saturated heterocycles. The smallest absolute Gasteiger partial charge is 0.417 e. The van der Waals surface area contributed by atoms with Gasteiger partial charge in [-0.3, -0.25) is 0 Å². The molecular formula is C14H10F3N3O. The predicted octanol–water partition coefficient (Wildman–Crippen LogP) is 3.42. The number of hydrogen-bond donors (Lipinski definition) is 0. The highest BCUT2D eigenvalue weighted by molar-refractivity contribution is 5.65. The zero-order chi connectivity index (χ0) is 15.0. The highest BCUT2D eigenvalue weighted by atomic mass is 19.4. The van der Waals surface area contributed by atoms with Crippen LogP contribution in [0, 0.1) is 0 Å². The van der Waals surface area contributed by atoms with E-state index < -0.39 is 11.7 Å². The molecule has 108 valence electrons. The number of aromatic nitrogens is 3. The average Bonchev–Trinajstić information content (AvgIpc) is 2.90. The molecule has 3 rings (SSSR count). The van der Waals surface area contributed by atoms with Crippen molar-refractivity contribution in [1.29, 1.82) is 0 Å². The lowest BCUT2D eigenvalue weighted by molar-refractivity contribution is -0.137. The summed E-state index contributed by atoms with van der Waals surface area (Å²) in [5.41, 5.74) is -0.456. The number of nitrogens with zero attached hydrogens (tertiary/aromatic N) is 3. The van der Waals surface area contributed by atoms with Crippen LogP contribution in [-0.2, 0) is 6.18 Å². The van der Waals surface area contributed by atoms with E-state index in [9.17, 15) is 13.2 Å². The molecule has 3 aromatic rings. The van der Waals surface area contributed by atoms with Crippen LogP contribution in [0.25, 0.3) is 17.0 Å². The first-order valence-electron chi connectivity index (χ1n) is 6.06. The molecule has 0 bridgehead atoms. The second-order valence-corrected chi connectivity index (χ2v) is 4.32. The third-order valence-corrected chi connectivity index (χ3v) is 3.02. The number of rotatable bonds is 2. The van der Waals surface area contributed by atoms with Gasteiger partial charge in [0.1, 0.15) is 0 Å². The Labute approximate surface area is 117 Å². The van der Waals surface area contributed by atoms with Crippen LogP contribution in [0.5, 0.6) is 5.75 Å². The van der Waals surface area contributed by atoms with Gasteiger partial charge in [0.05, 0.1) is 12.7 Å². The summed E-state index contributed by atoms with van der Waals surface area (Å²) in [5, 5.41) is 4.09. The molecule has 0 saturated carbocycles. The Hall–Kier alpha value is -2.57. The highest BCUT2D eigenvalue weighted by Crippen LogP contribution is 2.36. The molecule has 0 aliphatic carbocycles. The minimum absolute atomic E-state index is 0.00688. The standard InChI is InChI=1S/C14H10F3N3O/c1-21-11-7-4-8-20-13(11)18-12(19-20)9-5-2-3-6-10(9)14(15,16)17/h2-8H,1H3. The van der Waals surface area contributed by atoms with Crippen molar-refractivity contribution in [3.05, 3.63) is 48.2 Å². The third-order valence-electron chi connectivity index (χ3n) is 3.02. The quantitative estimate of drug-likeness (QED) is 0.726. The van der Waals surface area contributed by atoms with Crippen molar-refractivity contribution in [3.8, 4) is 17.1 Å². The van der Waals surface area contributed by atoms with Gasteiger partial charge >= 0.3 is 6.18 Å². The molecule has 0 unspecified atom stereocenters. The first-order valence-corrected chi connectivity index (χ1v) is 6.06. The van der Waals surface area contributed by atoms with Gasteiger partial charge in [0, 0.05) is 11.8 Å². The van der Waals surface area contributed by atoms with Crippen LogP contribution in [0.3, 0.4) is 0 Å². The van der Waals surface area contributed by atoms with Crippen molar-refractivity contribution >= 4 is 5.65 Å². The zero-order valence-electron chi connectivity index (χ0n) is 10.9. The molecular weight excluding hydrogens is 283 g/mol. The summed E-state index contributed by atoms with van der Waals surface area (Å²) in [6.45, 7) is 0. The Morgan fingerprint density at radius 3 is 2.57 bits per heavy atom. The molecule has 0 amide bonds. The molecule has 0 aliphatic rings. The van der Waals surface area contributed by atoms with E-state index in [0.29, 0.717) is 11.4 Å². The lowest BCUT2D eigenvalue weighted by Crippen LogP contribution is -2.07. The Bertz CT molecular complexity index is 796. The molecule has 7 heteroatoms. The summed E-state index contributed by atoms with van der Waals surface area (Å²) < 4.78 is 45.7. The van der Waals surface area contributed by atoms with Crippen LogP contribution in [0.1, 0.15) is 5.56 Å². The minimum Gasteiger partial charge on any atom is -0.493 e. The van der Waals surface area contributed by atoms with Crippen LogP contribution in [0.4, 0.5) is 13.2 Å². The van der Waals surface area contributed by atoms with Crippen LogP contribution < -0.4 is 4.74 Å². The van der Waals surface area contributed by atoms with Crippen molar-refractivity contribution in [2.45, 2.75) is 6.18 Å². The maximum atomic E-state index is 13.0. The summed E-state index contributed by atoms with van der Waals surface area (Å²) in [7, 11) is 1.47.